The van der Waals surface area contributed by atoms with Crippen molar-refractivity contribution < 1.29 is 51.7 Å². The van der Waals surface area contributed by atoms with Crippen molar-refractivity contribution in [1.29, 1.82) is 0 Å². The zero-order chi connectivity index (χ0) is 37.1. The number of phenolic OH excluding ortho intramolecular Hbond substituents is 1. The smallest absolute Gasteiger partial charge is 0.508 e. The van der Waals surface area contributed by atoms with Crippen molar-refractivity contribution in [2.45, 2.75) is 32.0 Å². The lowest BCUT2D eigenvalue weighted by molar-refractivity contribution is -0.274. The maximum Gasteiger partial charge on any atom is 0.573 e. The molecule has 0 aromatic heterocycles. The molecule has 7 rings (SSSR count). The number of carbonyl (C=O) groups is 4. The van der Waals surface area contributed by atoms with Crippen LogP contribution in [-0.2, 0) is 19.2 Å². The molecule has 0 bridgehead atoms. The number of allylic oxidation sites excluding steroid dienone is 6. The number of alkyl halides is 3. The molecule has 4 aliphatic rings. The first-order valence-corrected chi connectivity index (χ1v) is 16.5. The van der Waals surface area contributed by atoms with E-state index in [1.54, 1.807) is 56.7 Å². The summed E-state index contributed by atoms with van der Waals surface area (Å²) in [5.41, 5.74) is 2.63. The molecule has 1 aliphatic heterocycles. The highest BCUT2D eigenvalue weighted by Gasteiger charge is 2.57. The number of methoxy groups -OCH3 is 2. The Bertz CT molecular complexity index is 2160. The van der Waals surface area contributed by atoms with Gasteiger partial charge in [0.2, 0.25) is 11.8 Å². The van der Waals surface area contributed by atoms with Crippen LogP contribution in [0.2, 0.25) is 0 Å². The molecule has 9 nitrogen and oxygen atoms in total. The third-order valence-corrected chi connectivity index (χ3v) is 10.1. The van der Waals surface area contributed by atoms with Crippen LogP contribution in [0.5, 0.6) is 23.0 Å². The van der Waals surface area contributed by atoms with Crippen molar-refractivity contribution >= 4 is 41.2 Å². The number of imide groups is 1. The van der Waals surface area contributed by atoms with Gasteiger partial charge in [-0.15, -0.1) is 13.2 Å². The molecule has 0 radical (unpaired) electrons. The van der Waals surface area contributed by atoms with Crippen LogP contribution in [0, 0.1) is 17.8 Å². The fourth-order valence-corrected chi connectivity index (χ4v) is 7.84. The van der Waals surface area contributed by atoms with Gasteiger partial charge >= 0.3 is 6.36 Å². The minimum Gasteiger partial charge on any atom is -0.508 e. The number of ether oxygens (including phenoxy) is 3. The Balaban J connectivity index is 1.22. The van der Waals surface area contributed by atoms with Crippen molar-refractivity contribution in [1.82, 2.24) is 0 Å². The van der Waals surface area contributed by atoms with Gasteiger partial charge in [0, 0.05) is 33.8 Å². The summed E-state index contributed by atoms with van der Waals surface area (Å²) in [6.07, 6.45) is 1.64. The zero-order valence-electron chi connectivity index (χ0n) is 28.2. The van der Waals surface area contributed by atoms with E-state index in [4.69, 9.17) is 9.47 Å². The summed E-state index contributed by atoms with van der Waals surface area (Å²) >= 11 is 0. The SMILES string of the molecule is COc1ccc(OC)c(C=Cc2ccc(N3C(=O)[C@H]4[C@H](CC=C5[C@H](c6cc(OC(F)(F)F)ccc6O)C6=C(C[C@H]54)C(=O)C(C)=CC6=O)C3=O)cc2)c1. The first-order chi connectivity index (χ1) is 24.8. The molecular weight excluding hydrogens is 679 g/mol. The van der Waals surface area contributed by atoms with Crippen LogP contribution in [0.1, 0.15) is 42.4 Å². The lowest BCUT2D eigenvalue weighted by atomic mass is 9.59. The number of phenols is 1. The number of hydrogen-bond donors (Lipinski definition) is 1. The molecule has 0 spiro atoms. The largest absolute Gasteiger partial charge is 0.573 e. The Morgan fingerprint density at radius 2 is 1.60 bits per heavy atom. The van der Waals surface area contributed by atoms with Crippen molar-refractivity contribution in [2.75, 3.05) is 19.1 Å². The van der Waals surface area contributed by atoms with E-state index in [1.807, 2.05) is 18.2 Å². The monoisotopic (exact) mass is 711 g/mol. The predicted molar refractivity (Wildman–Crippen MR) is 184 cm³/mol. The quantitative estimate of drug-likeness (QED) is 0.119. The number of hydrogen-bond acceptors (Lipinski definition) is 8. The van der Waals surface area contributed by atoms with Gasteiger partial charge in [0.25, 0.3) is 0 Å². The van der Waals surface area contributed by atoms with Gasteiger partial charge in [0.1, 0.15) is 23.0 Å². The lowest BCUT2D eigenvalue weighted by Gasteiger charge is -2.42. The first-order valence-electron chi connectivity index (χ1n) is 16.5. The van der Waals surface area contributed by atoms with Crippen LogP contribution in [-0.4, -0.2) is 49.1 Å². The number of Topliss-reactive ketones (excluding diaryl/α,β-unsaturated/α-hetero) is 1. The van der Waals surface area contributed by atoms with E-state index in [9.17, 15) is 37.5 Å². The van der Waals surface area contributed by atoms with Crippen molar-refractivity contribution in [3.05, 3.63) is 112 Å². The number of anilines is 1. The summed E-state index contributed by atoms with van der Waals surface area (Å²) in [6.45, 7) is 1.49. The topological polar surface area (TPSA) is 119 Å². The molecule has 1 heterocycles. The van der Waals surface area contributed by atoms with E-state index in [1.165, 1.54) is 13.0 Å². The molecule has 1 N–H and O–H groups in total. The zero-order valence-corrected chi connectivity index (χ0v) is 28.2. The minimum atomic E-state index is -5.03. The lowest BCUT2D eigenvalue weighted by Crippen LogP contribution is -2.39. The number of benzene rings is 3. The first kappa shape index (κ1) is 34.5. The summed E-state index contributed by atoms with van der Waals surface area (Å²) in [5, 5.41) is 11.0. The second-order valence-corrected chi connectivity index (χ2v) is 13.0. The van der Waals surface area contributed by atoms with Gasteiger partial charge in [0.05, 0.1) is 31.7 Å². The molecule has 266 valence electrons. The van der Waals surface area contributed by atoms with E-state index < -0.39 is 64.9 Å². The molecular formula is C40H32F3NO8. The Morgan fingerprint density at radius 3 is 2.29 bits per heavy atom. The maximum atomic E-state index is 14.3. The average Bonchev–Trinajstić information content (AvgIpc) is 3.38. The summed E-state index contributed by atoms with van der Waals surface area (Å²) < 4.78 is 54.5. The Hall–Kier alpha value is -5.91. The van der Waals surface area contributed by atoms with Gasteiger partial charge in [-0.25, -0.2) is 0 Å². The van der Waals surface area contributed by atoms with Gasteiger partial charge in [-0.2, -0.15) is 0 Å². The Labute approximate surface area is 296 Å². The molecule has 0 saturated carbocycles. The van der Waals surface area contributed by atoms with Crippen LogP contribution < -0.4 is 19.1 Å². The van der Waals surface area contributed by atoms with E-state index in [2.05, 4.69) is 4.74 Å². The van der Waals surface area contributed by atoms with E-state index in [0.717, 1.165) is 34.2 Å². The van der Waals surface area contributed by atoms with Crippen molar-refractivity contribution in [3.8, 4) is 23.0 Å². The fourth-order valence-electron chi connectivity index (χ4n) is 7.84. The van der Waals surface area contributed by atoms with Gasteiger partial charge < -0.3 is 19.3 Å². The molecule has 2 amide bonds. The number of halogens is 3. The van der Waals surface area contributed by atoms with E-state index in [-0.39, 0.29) is 35.1 Å². The van der Waals surface area contributed by atoms with Gasteiger partial charge in [0.15, 0.2) is 11.6 Å². The molecule has 0 unspecified atom stereocenters. The number of ketones is 2. The Kier molecular flexibility index (Phi) is 8.64. The summed E-state index contributed by atoms with van der Waals surface area (Å²) in [5.74, 6) is -5.21. The second kappa shape index (κ2) is 13.0. The van der Waals surface area contributed by atoms with Crippen LogP contribution in [0.3, 0.4) is 0 Å². The van der Waals surface area contributed by atoms with Gasteiger partial charge in [-0.1, -0.05) is 35.9 Å². The molecule has 1 saturated heterocycles. The number of fused-ring (bicyclic) bond motifs is 3. The molecule has 3 aromatic rings. The average molecular weight is 712 g/mol. The molecule has 3 aliphatic carbocycles. The third kappa shape index (κ3) is 5.97. The van der Waals surface area contributed by atoms with Gasteiger partial charge in [-0.05, 0) is 85.9 Å². The standard InChI is InChI=1S/C40H32F3NO8/c1-20-16-32(46)36-30(37(20)47)19-28-26(34(36)29-18-25(10-14-31(29)45)52-40(41,42)43)12-13-27-35(28)39(49)44(38(27)48)23-8-5-21(6-9-23)4-7-22-17-24(50-2)11-15-33(22)51-3/h4-12,14-18,27-28,34-35,45H,13,19H2,1-3H3/t27-,28+,34+,35-/m0/s1. The molecule has 4 atom stereocenters. The second-order valence-electron chi connectivity index (χ2n) is 13.0. The highest BCUT2D eigenvalue weighted by molar-refractivity contribution is 6.25. The highest BCUT2D eigenvalue weighted by atomic mass is 19.4. The van der Waals surface area contributed by atoms with Crippen molar-refractivity contribution in [3.63, 3.8) is 0 Å². The van der Waals surface area contributed by atoms with Crippen LogP contribution in [0.4, 0.5) is 18.9 Å². The fraction of sp³-hybridized carbons (Fsp3) is 0.250. The van der Waals surface area contributed by atoms with E-state index in [0.29, 0.717) is 22.8 Å². The van der Waals surface area contributed by atoms with Crippen molar-refractivity contribution in [2.24, 2.45) is 17.8 Å². The summed E-state index contributed by atoms with van der Waals surface area (Å²) in [7, 11) is 3.13. The molecule has 52 heavy (non-hydrogen) atoms. The molecule has 12 heteroatoms. The predicted octanol–water partition coefficient (Wildman–Crippen LogP) is 7.11. The number of amides is 2. The molecule has 3 aromatic carbocycles. The number of nitrogens with zero attached hydrogens (tertiary/aromatic N) is 1. The summed E-state index contributed by atoms with van der Waals surface area (Å²) in [6, 6.07) is 15.2. The van der Waals surface area contributed by atoms with Crippen LogP contribution in [0.25, 0.3) is 12.2 Å². The molecule has 1 fully saturated rings. The van der Waals surface area contributed by atoms with Crippen LogP contribution in [0.15, 0.2) is 95.1 Å². The third-order valence-electron chi connectivity index (χ3n) is 10.1. The number of rotatable bonds is 7. The number of aromatic hydroxyl groups is 1. The maximum absolute atomic E-state index is 14.3. The van der Waals surface area contributed by atoms with E-state index >= 15 is 0 Å². The highest BCUT2D eigenvalue weighted by Crippen LogP contribution is 2.56. The van der Waals surface area contributed by atoms with Gasteiger partial charge in [-0.3, -0.25) is 24.1 Å². The summed E-state index contributed by atoms with van der Waals surface area (Å²) in [4.78, 5) is 56.4. The Morgan fingerprint density at radius 1 is 0.865 bits per heavy atom. The number of carbonyl (C=O) groups excluding carboxylic acids is 4. The van der Waals surface area contributed by atoms with Crippen LogP contribution >= 0.6 is 0 Å². The normalized spacial score (nSPS) is 22.9. The minimum absolute atomic E-state index is 0.0276.